The second-order valence-electron chi connectivity index (χ2n) is 6.50. The van der Waals surface area contributed by atoms with Crippen LogP contribution < -0.4 is 16.0 Å². The molecule has 0 saturated heterocycles. The summed E-state index contributed by atoms with van der Waals surface area (Å²) in [5, 5.41) is 19.5. The van der Waals surface area contributed by atoms with Crippen molar-refractivity contribution in [1.82, 2.24) is 16.0 Å². The average Bonchev–Trinajstić information content (AvgIpc) is 2.70. The van der Waals surface area contributed by atoms with Crippen molar-refractivity contribution in [2.45, 2.75) is 19.4 Å². The Balaban J connectivity index is 1.86. The average molecular weight is 386 g/mol. The molecule has 6 nitrogen and oxygen atoms in total. The number of hydrogen-bond donors (Lipinski definition) is 4. The fourth-order valence-electron chi connectivity index (χ4n) is 2.56. The maximum atomic E-state index is 13.6. The normalized spacial score (nSPS) is 13.5. The van der Waals surface area contributed by atoms with Crippen LogP contribution in [-0.4, -0.2) is 43.2 Å². The second-order valence-corrected chi connectivity index (χ2v) is 6.50. The van der Waals surface area contributed by atoms with Gasteiger partial charge in [-0.15, -0.1) is 0 Å². The van der Waals surface area contributed by atoms with E-state index in [0.29, 0.717) is 25.6 Å². The molecule has 0 fully saturated rings. The van der Waals surface area contributed by atoms with Gasteiger partial charge in [0.05, 0.1) is 12.1 Å². The number of nitrogens with one attached hydrogen (secondary N) is 3. The molecule has 0 aliphatic carbocycles. The zero-order valence-electron chi connectivity index (χ0n) is 16.2. The van der Waals surface area contributed by atoms with Crippen LogP contribution in [-0.2, 0) is 5.60 Å². The Kier molecular flexibility index (Phi) is 7.95. The van der Waals surface area contributed by atoms with Crippen LogP contribution in [0.15, 0.2) is 59.6 Å². The van der Waals surface area contributed by atoms with Gasteiger partial charge in [-0.05, 0) is 31.5 Å². The van der Waals surface area contributed by atoms with E-state index in [1.54, 1.807) is 13.0 Å². The zero-order chi connectivity index (χ0) is 20.4. The molecule has 0 spiro atoms. The topological polar surface area (TPSA) is 85.8 Å². The number of carbonyl (C=O) groups excluding carboxylic acids is 1. The summed E-state index contributed by atoms with van der Waals surface area (Å²) < 4.78 is 13.6. The van der Waals surface area contributed by atoms with Crippen LogP contribution in [0.5, 0.6) is 0 Å². The number of aliphatic hydroxyl groups is 1. The highest BCUT2D eigenvalue weighted by molar-refractivity contribution is 5.94. The van der Waals surface area contributed by atoms with E-state index >= 15 is 0 Å². The van der Waals surface area contributed by atoms with Gasteiger partial charge >= 0.3 is 0 Å². The fraction of sp³-hybridized carbons (Fsp3) is 0.333. The van der Waals surface area contributed by atoms with Crippen molar-refractivity contribution in [3.63, 3.8) is 0 Å². The van der Waals surface area contributed by atoms with Crippen LogP contribution in [0.2, 0.25) is 0 Å². The van der Waals surface area contributed by atoms with Crippen LogP contribution in [0.3, 0.4) is 0 Å². The minimum Gasteiger partial charge on any atom is -0.384 e. The summed E-state index contributed by atoms with van der Waals surface area (Å²) in [7, 11) is 0. The van der Waals surface area contributed by atoms with E-state index in [4.69, 9.17) is 0 Å². The van der Waals surface area contributed by atoms with Gasteiger partial charge in [-0.25, -0.2) is 9.38 Å². The second kappa shape index (κ2) is 10.4. The molecular weight excluding hydrogens is 359 g/mol. The summed E-state index contributed by atoms with van der Waals surface area (Å²) in [5.74, 6) is -0.487. The molecule has 1 amide bonds. The van der Waals surface area contributed by atoms with Gasteiger partial charge in [-0.1, -0.05) is 42.5 Å². The van der Waals surface area contributed by atoms with E-state index in [2.05, 4.69) is 20.9 Å². The maximum absolute atomic E-state index is 13.6. The standard InChI is InChI=1S/C21H27FN4O2/c1-3-23-20(26-15-21(2,28)16-9-5-4-6-10-16)25-14-13-24-19(27)17-11-7-8-12-18(17)22/h4-12,28H,3,13-15H2,1-2H3,(H,24,27)(H2,23,25,26). The van der Waals surface area contributed by atoms with E-state index in [1.165, 1.54) is 18.2 Å². The van der Waals surface area contributed by atoms with Gasteiger partial charge in [0.2, 0.25) is 0 Å². The highest BCUT2D eigenvalue weighted by Gasteiger charge is 2.22. The number of hydrogen-bond acceptors (Lipinski definition) is 3. The Hall–Kier alpha value is -2.93. The van der Waals surface area contributed by atoms with Gasteiger partial charge in [0.15, 0.2) is 5.96 Å². The van der Waals surface area contributed by atoms with Crippen LogP contribution in [0.4, 0.5) is 4.39 Å². The van der Waals surface area contributed by atoms with Gasteiger partial charge < -0.3 is 21.1 Å². The first-order valence-corrected chi connectivity index (χ1v) is 9.27. The molecule has 28 heavy (non-hydrogen) atoms. The van der Waals surface area contributed by atoms with Crippen molar-refractivity contribution in [3.8, 4) is 0 Å². The van der Waals surface area contributed by atoms with Gasteiger partial charge in [0.25, 0.3) is 5.91 Å². The first-order chi connectivity index (χ1) is 13.4. The molecule has 0 bridgehead atoms. The zero-order valence-corrected chi connectivity index (χ0v) is 16.2. The summed E-state index contributed by atoms with van der Waals surface area (Å²) in [5.41, 5.74) is -0.295. The number of carbonyl (C=O) groups is 1. The molecule has 0 aliphatic rings. The summed E-state index contributed by atoms with van der Waals surface area (Å²) in [6.07, 6.45) is 0. The number of benzene rings is 2. The van der Waals surface area contributed by atoms with Crippen molar-refractivity contribution in [2.24, 2.45) is 4.99 Å². The molecule has 0 aliphatic heterocycles. The lowest BCUT2D eigenvalue weighted by Gasteiger charge is -2.22. The molecule has 2 rings (SSSR count). The predicted molar refractivity (Wildman–Crippen MR) is 109 cm³/mol. The van der Waals surface area contributed by atoms with Gasteiger partial charge in [-0.3, -0.25) is 4.79 Å². The number of guanidine groups is 1. The lowest BCUT2D eigenvalue weighted by atomic mass is 9.96. The monoisotopic (exact) mass is 386 g/mol. The Morgan fingerprint density at radius 2 is 1.68 bits per heavy atom. The van der Waals surface area contributed by atoms with Crippen LogP contribution in [0.25, 0.3) is 0 Å². The Morgan fingerprint density at radius 1 is 1.04 bits per heavy atom. The van der Waals surface area contributed by atoms with E-state index in [-0.39, 0.29) is 12.1 Å². The third kappa shape index (κ3) is 6.35. The highest BCUT2D eigenvalue weighted by Crippen LogP contribution is 2.20. The summed E-state index contributed by atoms with van der Waals surface area (Å²) in [4.78, 5) is 16.4. The highest BCUT2D eigenvalue weighted by atomic mass is 19.1. The molecule has 2 aromatic carbocycles. The van der Waals surface area contributed by atoms with E-state index in [9.17, 15) is 14.3 Å². The first kappa shape index (κ1) is 21.4. The lowest BCUT2D eigenvalue weighted by molar-refractivity contribution is 0.0672. The molecule has 1 unspecified atom stereocenters. The number of amides is 1. The Bertz CT molecular complexity index is 794. The molecule has 150 valence electrons. The number of nitrogens with zero attached hydrogens (tertiary/aromatic N) is 1. The quantitative estimate of drug-likeness (QED) is 0.318. The molecule has 1 atom stereocenters. The molecule has 0 saturated carbocycles. The molecule has 0 aromatic heterocycles. The van der Waals surface area contributed by atoms with Crippen molar-refractivity contribution in [2.75, 3.05) is 26.2 Å². The summed E-state index contributed by atoms with van der Waals surface area (Å²) in [6, 6.07) is 15.2. The van der Waals surface area contributed by atoms with Crippen molar-refractivity contribution in [1.29, 1.82) is 0 Å². The van der Waals surface area contributed by atoms with Crippen molar-refractivity contribution < 1.29 is 14.3 Å². The van der Waals surface area contributed by atoms with E-state index in [0.717, 1.165) is 5.56 Å². The molecule has 4 N–H and O–H groups in total. The minimum atomic E-state index is -1.09. The Morgan fingerprint density at radius 3 is 2.36 bits per heavy atom. The van der Waals surface area contributed by atoms with Gasteiger partial charge in [-0.2, -0.15) is 0 Å². The fourth-order valence-corrected chi connectivity index (χ4v) is 2.56. The van der Waals surface area contributed by atoms with Crippen molar-refractivity contribution in [3.05, 3.63) is 71.5 Å². The lowest BCUT2D eigenvalue weighted by Crippen LogP contribution is -2.42. The van der Waals surface area contributed by atoms with Gasteiger partial charge in [0, 0.05) is 19.6 Å². The number of rotatable bonds is 8. The summed E-state index contributed by atoms with van der Waals surface area (Å²) in [6.45, 7) is 5.18. The van der Waals surface area contributed by atoms with Crippen LogP contribution >= 0.6 is 0 Å². The number of aliphatic imine (C=N–C) groups is 1. The van der Waals surface area contributed by atoms with Crippen molar-refractivity contribution >= 4 is 11.9 Å². The molecule has 0 radical (unpaired) electrons. The minimum absolute atomic E-state index is 0.0157. The molecule has 2 aromatic rings. The molecular formula is C21H27FN4O2. The largest absolute Gasteiger partial charge is 0.384 e. The van der Waals surface area contributed by atoms with Crippen LogP contribution in [0.1, 0.15) is 29.8 Å². The smallest absolute Gasteiger partial charge is 0.254 e. The molecule has 0 heterocycles. The summed E-state index contributed by atoms with van der Waals surface area (Å²) >= 11 is 0. The van der Waals surface area contributed by atoms with E-state index in [1.807, 2.05) is 37.3 Å². The van der Waals surface area contributed by atoms with Crippen LogP contribution in [0, 0.1) is 5.82 Å². The SMILES string of the molecule is CCNC(=NCC(C)(O)c1ccccc1)NCCNC(=O)c1ccccc1F. The van der Waals surface area contributed by atoms with E-state index < -0.39 is 17.3 Å². The Labute approximate surface area is 164 Å². The third-order valence-electron chi connectivity index (χ3n) is 4.11. The van der Waals surface area contributed by atoms with Gasteiger partial charge in [0.1, 0.15) is 11.4 Å². The third-order valence-corrected chi connectivity index (χ3v) is 4.11. The maximum Gasteiger partial charge on any atom is 0.254 e. The molecule has 7 heteroatoms. The number of halogens is 1. The first-order valence-electron chi connectivity index (χ1n) is 9.27. The predicted octanol–water partition coefficient (Wildman–Crippen LogP) is 2.02.